The van der Waals surface area contributed by atoms with Gasteiger partial charge in [0.15, 0.2) is 0 Å². The van der Waals surface area contributed by atoms with Gasteiger partial charge in [-0.15, -0.1) is 0 Å². The smallest absolute Gasteiger partial charge is 0.456 e. The van der Waals surface area contributed by atoms with Gasteiger partial charge in [0.2, 0.25) is 0 Å². The van der Waals surface area contributed by atoms with Gasteiger partial charge in [-0.25, -0.2) is 0 Å². The Hall–Kier alpha value is -3.37. The highest BCUT2D eigenvalue weighted by Gasteiger charge is 2.15. The molecule has 0 heterocycles. The molecule has 5 heteroatoms. The highest BCUT2D eigenvalue weighted by atomic mass is 16.5. The van der Waals surface area contributed by atoms with Crippen LogP contribution < -0.4 is 0 Å². The molecular formula is C26H22B2O3. The first-order valence-electron chi connectivity index (χ1n) is 9.88. The first-order chi connectivity index (χ1) is 15.3. The van der Waals surface area contributed by atoms with Crippen molar-refractivity contribution in [3.63, 3.8) is 0 Å². The molecule has 0 unspecified atom stereocenters. The van der Waals surface area contributed by atoms with E-state index in [1.807, 2.05) is 0 Å². The molecule has 0 spiro atoms. The van der Waals surface area contributed by atoms with E-state index in [9.17, 15) is 0 Å². The van der Waals surface area contributed by atoms with Crippen molar-refractivity contribution in [2.45, 2.75) is 0 Å². The van der Waals surface area contributed by atoms with Crippen molar-refractivity contribution in [1.29, 1.82) is 0 Å². The average Bonchev–Trinajstić information content (AvgIpc) is 2.85. The summed E-state index contributed by atoms with van der Waals surface area (Å²) in [4.78, 5) is 0. The third-order valence-corrected chi connectivity index (χ3v) is 4.62. The summed E-state index contributed by atoms with van der Waals surface area (Å²) in [6.45, 7) is 0. The van der Waals surface area contributed by atoms with Gasteiger partial charge in [-0.3, -0.25) is 0 Å². The summed E-state index contributed by atoms with van der Waals surface area (Å²) in [5, 5.41) is 15.1. The molecule has 0 aliphatic rings. The molecule has 0 aromatic heterocycles. The first kappa shape index (κ1) is 22.3. The Labute approximate surface area is 184 Å². The molecule has 0 bridgehead atoms. The third kappa shape index (κ3) is 6.30. The molecular weight excluding hydrogens is 382 g/mol. The maximum Gasteiger partial charge on any atom is 0.469 e. The largest absolute Gasteiger partial charge is 0.469 e. The predicted molar refractivity (Wildman–Crippen MR) is 128 cm³/mol. The first-order valence-corrected chi connectivity index (χ1v) is 9.88. The van der Waals surface area contributed by atoms with Crippen LogP contribution in [-0.4, -0.2) is 25.4 Å². The summed E-state index contributed by atoms with van der Waals surface area (Å²) < 4.78 is 3.69. The molecule has 3 nitrogen and oxygen atoms in total. The van der Waals surface area contributed by atoms with Gasteiger partial charge < -0.3 is 14.6 Å². The summed E-state index contributed by atoms with van der Waals surface area (Å²) in [6.07, 6.45) is 0. The highest BCUT2D eigenvalue weighted by Crippen LogP contribution is 2.36. The number of hydrogen-bond acceptors (Lipinski definition) is 3. The van der Waals surface area contributed by atoms with Gasteiger partial charge in [0, 0.05) is 0 Å². The lowest BCUT2D eigenvalue weighted by Crippen LogP contribution is -2.00. The molecule has 150 valence electrons. The van der Waals surface area contributed by atoms with Crippen LogP contribution in [0.1, 0.15) is 22.3 Å². The van der Waals surface area contributed by atoms with Crippen LogP contribution in [0.25, 0.3) is 11.1 Å². The third-order valence-electron chi connectivity index (χ3n) is 4.62. The Morgan fingerprint density at radius 1 is 0.419 bits per heavy atom. The topological polar surface area (TPSA) is 49.7 Å². The second-order valence-electron chi connectivity index (χ2n) is 6.56. The molecule has 4 aromatic carbocycles. The lowest BCUT2D eigenvalue weighted by Gasteiger charge is -2.18. The highest BCUT2D eigenvalue weighted by molar-refractivity contribution is 6.32. The van der Waals surface area contributed by atoms with E-state index < -0.39 is 0 Å². The van der Waals surface area contributed by atoms with Gasteiger partial charge in [-0.05, 0) is 33.4 Å². The summed E-state index contributed by atoms with van der Waals surface area (Å²) in [5.74, 6) is 0. The lowest BCUT2D eigenvalue weighted by molar-refractivity contribution is 0.408. The molecule has 0 aliphatic carbocycles. The van der Waals surface area contributed by atoms with Crippen LogP contribution in [0.2, 0.25) is 0 Å². The Kier molecular flexibility index (Phi) is 8.89. The minimum absolute atomic E-state index is 0.375. The summed E-state index contributed by atoms with van der Waals surface area (Å²) >= 11 is 0. The fraction of sp³-hybridized carbons (Fsp3) is 0. The van der Waals surface area contributed by atoms with E-state index >= 15 is 0 Å². The Morgan fingerprint density at radius 2 is 0.645 bits per heavy atom. The number of benzene rings is 4. The standard InChI is InChI=1S/C26H20.B2H2O3/c1-5-13-21(14-6-1)25(22-15-7-2-8-16-22)26(23-17-9-3-10-18-23)24-19-11-4-12-20-24;3-1-5-2-4/h1-20H;3-4H. The molecule has 0 saturated carbocycles. The zero-order valence-corrected chi connectivity index (χ0v) is 17.0. The van der Waals surface area contributed by atoms with Gasteiger partial charge in [0.05, 0.1) is 0 Å². The molecule has 2 N–H and O–H groups in total. The minimum Gasteiger partial charge on any atom is -0.456 e. The number of rotatable bonds is 6. The fourth-order valence-corrected chi connectivity index (χ4v) is 3.36. The zero-order valence-electron chi connectivity index (χ0n) is 17.0. The maximum atomic E-state index is 7.53. The van der Waals surface area contributed by atoms with Crippen LogP contribution in [-0.2, 0) is 4.57 Å². The van der Waals surface area contributed by atoms with Crippen LogP contribution >= 0.6 is 0 Å². The van der Waals surface area contributed by atoms with E-state index in [1.165, 1.54) is 33.4 Å². The molecule has 0 amide bonds. The van der Waals surface area contributed by atoms with Crippen LogP contribution in [0, 0.1) is 0 Å². The molecule has 4 aromatic rings. The van der Waals surface area contributed by atoms with E-state index in [2.05, 4.69) is 126 Å². The van der Waals surface area contributed by atoms with Crippen molar-refractivity contribution < 1.29 is 14.6 Å². The van der Waals surface area contributed by atoms with Crippen LogP contribution in [0.4, 0.5) is 0 Å². The van der Waals surface area contributed by atoms with Crippen molar-refractivity contribution in [2.24, 2.45) is 0 Å². The van der Waals surface area contributed by atoms with E-state index in [0.717, 1.165) is 0 Å². The predicted octanol–water partition coefficient (Wildman–Crippen LogP) is 4.75. The minimum atomic E-state index is 0.375. The summed E-state index contributed by atoms with van der Waals surface area (Å²) in [7, 11) is 0.750. The maximum absolute atomic E-state index is 7.53. The van der Waals surface area contributed by atoms with E-state index in [0.29, 0.717) is 15.4 Å². The molecule has 0 fully saturated rings. The van der Waals surface area contributed by atoms with Gasteiger partial charge in [0.25, 0.3) is 0 Å². The fourth-order valence-electron chi connectivity index (χ4n) is 3.36. The van der Waals surface area contributed by atoms with Crippen molar-refractivity contribution in [1.82, 2.24) is 0 Å². The summed E-state index contributed by atoms with van der Waals surface area (Å²) in [6, 6.07) is 42.6. The molecule has 31 heavy (non-hydrogen) atoms. The molecule has 4 rings (SSSR count). The van der Waals surface area contributed by atoms with E-state index in [-0.39, 0.29) is 0 Å². The van der Waals surface area contributed by atoms with E-state index in [1.54, 1.807) is 0 Å². The molecule has 0 saturated heterocycles. The molecule has 2 radical (unpaired) electrons. The summed E-state index contributed by atoms with van der Waals surface area (Å²) in [5.41, 5.74) is 7.40. The molecule has 0 atom stereocenters. The van der Waals surface area contributed by atoms with Crippen molar-refractivity contribution in [3.8, 4) is 0 Å². The van der Waals surface area contributed by atoms with Crippen LogP contribution in [0.3, 0.4) is 0 Å². The van der Waals surface area contributed by atoms with Crippen molar-refractivity contribution in [2.75, 3.05) is 0 Å². The Bertz CT molecular complexity index is 885. The Morgan fingerprint density at radius 3 is 0.806 bits per heavy atom. The van der Waals surface area contributed by atoms with Gasteiger partial charge in [-0.1, -0.05) is 121 Å². The molecule has 0 aliphatic heterocycles. The van der Waals surface area contributed by atoms with Crippen molar-refractivity contribution in [3.05, 3.63) is 144 Å². The number of hydrogen-bond donors (Lipinski definition) is 2. The SMILES string of the molecule is O[B]O[B]O.c1ccc(C(=C(c2ccccc2)c2ccccc2)c2ccccc2)cc1. The zero-order chi connectivity index (χ0) is 21.7. The average molecular weight is 404 g/mol. The van der Waals surface area contributed by atoms with Crippen LogP contribution in [0.15, 0.2) is 121 Å². The van der Waals surface area contributed by atoms with Gasteiger partial charge >= 0.3 is 15.4 Å². The van der Waals surface area contributed by atoms with Crippen molar-refractivity contribution >= 4 is 26.5 Å². The second-order valence-corrected chi connectivity index (χ2v) is 6.56. The monoisotopic (exact) mass is 404 g/mol. The normalized spacial score (nSPS) is 9.74. The second kappa shape index (κ2) is 12.4. The van der Waals surface area contributed by atoms with Gasteiger partial charge in [0.1, 0.15) is 0 Å². The Balaban J connectivity index is 0.000000491. The quantitative estimate of drug-likeness (QED) is 0.360. The van der Waals surface area contributed by atoms with Gasteiger partial charge in [-0.2, -0.15) is 0 Å². The van der Waals surface area contributed by atoms with Crippen LogP contribution in [0.5, 0.6) is 0 Å². The van der Waals surface area contributed by atoms with E-state index in [4.69, 9.17) is 10.0 Å². The lowest BCUT2D eigenvalue weighted by atomic mass is 9.86.